The third kappa shape index (κ3) is 2.82. The molecule has 106 valence electrons. The highest BCUT2D eigenvalue weighted by atomic mass is 32.1. The Hall–Kier alpha value is -0.940. The highest BCUT2D eigenvalue weighted by molar-refractivity contribution is 7.09. The van der Waals surface area contributed by atoms with Crippen molar-refractivity contribution in [3.63, 3.8) is 0 Å². The summed E-state index contributed by atoms with van der Waals surface area (Å²) in [6.45, 7) is 5.82. The van der Waals surface area contributed by atoms with E-state index in [4.69, 9.17) is 0 Å². The molecule has 0 amide bonds. The lowest BCUT2D eigenvalue weighted by molar-refractivity contribution is -0.150. The molecule has 0 aromatic carbocycles. The van der Waals surface area contributed by atoms with Crippen molar-refractivity contribution in [2.45, 2.75) is 51.5 Å². The van der Waals surface area contributed by atoms with E-state index in [2.05, 4.69) is 16.8 Å². The number of carboxylic acid groups (broad SMARTS) is 1. The van der Waals surface area contributed by atoms with E-state index in [1.807, 2.05) is 12.4 Å². The summed E-state index contributed by atoms with van der Waals surface area (Å²) in [7, 11) is 0. The van der Waals surface area contributed by atoms with E-state index in [1.54, 1.807) is 11.3 Å². The van der Waals surface area contributed by atoms with E-state index in [0.717, 1.165) is 50.9 Å². The van der Waals surface area contributed by atoms with E-state index in [9.17, 15) is 9.90 Å². The van der Waals surface area contributed by atoms with Gasteiger partial charge in [-0.15, -0.1) is 11.3 Å². The van der Waals surface area contributed by atoms with E-state index in [-0.39, 0.29) is 0 Å². The Kier molecular flexibility index (Phi) is 4.58. The first-order valence-electron chi connectivity index (χ1n) is 6.97. The van der Waals surface area contributed by atoms with E-state index >= 15 is 0 Å². The molecule has 1 aromatic rings. The van der Waals surface area contributed by atoms with Crippen LogP contribution in [0.2, 0.25) is 0 Å². The SMILES string of the molecule is CCCC1(C(=O)O)CCCN1CCc1scnc1C. The van der Waals surface area contributed by atoms with Gasteiger partial charge in [0.2, 0.25) is 0 Å². The average molecular weight is 282 g/mol. The number of hydrogen-bond acceptors (Lipinski definition) is 4. The second kappa shape index (κ2) is 6.01. The number of aromatic nitrogens is 1. The molecule has 1 N–H and O–H groups in total. The Morgan fingerprint density at radius 3 is 3.00 bits per heavy atom. The van der Waals surface area contributed by atoms with Crippen molar-refractivity contribution in [3.8, 4) is 0 Å². The predicted octanol–water partition coefficient (Wildman–Crippen LogP) is 2.71. The lowest BCUT2D eigenvalue weighted by Crippen LogP contribution is -2.51. The van der Waals surface area contributed by atoms with Crippen molar-refractivity contribution < 1.29 is 9.90 Å². The van der Waals surface area contributed by atoms with Crippen molar-refractivity contribution in [2.24, 2.45) is 0 Å². The van der Waals surface area contributed by atoms with Gasteiger partial charge in [-0.1, -0.05) is 13.3 Å². The molecule has 19 heavy (non-hydrogen) atoms. The number of carboxylic acids is 1. The lowest BCUT2D eigenvalue weighted by Gasteiger charge is -2.34. The van der Waals surface area contributed by atoms with Crippen LogP contribution < -0.4 is 0 Å². The van der Waals surface area contributed by atoms with Crippen molar-refractivity contribution >= 4 is 17.3 Å². The molecular weight excluding hydrogens is 260 g/mol. The van der Waals surface area contributed by atoms with Gasteiger partial charge in [0.1, 0.15) is 5.54 Å². The molecule has 4 nitrogen and oxygen atoms in total. The van der Waals surface area contributed by atoms with Crippen LogP contribution in [0.3, 0.4) is 0 Å². The van der Waals surface area contributed by atoms with Gasteiger partial charge >= 0.3 is 5.97 Å². The Balaban J connectivity index is 2.05. The maximum Gasteiger partial charge on any atom is 0.324 e. The van der Waals surface area contributed by atoms with Gasteiger partial charge in [-0.2, -0.15) is 0 Å². The first kappa shape index (κ1) is 14.5. The van der Waals surface area contributed by atoms with E-state index < -0.39 is 11.5 Å². The zero-order chi connectivity index (χ0) is 13.9. The van der Waals surface area contributed by atoms with Gasteiger partial charge in [-0.25, -0.2) is 4.98 Å². The number of aliphatic carboxylic acids is 1. The molecule has 1 aromatic heterocycles. The summed E-state index contributed by atoms with van der Waals surface area (Å²) in [5, 5.41) is 9.63. The molecule has 0 bridgehead atoms. The van der Waals surface area contributed by atoms with Crippen LogP contribution in [0.1, 0.15) is 43.2 Å². The Morgan fingerprint density at radius 2 is 2.42 bits per heavy atom. The van der Waals surface area contributed by atoms with Gasteiger partial charge in [0.15, 0.2) is 0 Å². The largest absolute Gasteiger partial charge is 0.480 e. The first-order chi connectivity index (χ1) is 9.10. The van der Waals surface area contributed by atoms with Gasteiger partial charge < -0.3 is 5.11 Å². The minimum absolute atomic E-state index is 0.618. The average Bonchev–Trinajstić information content (AvgIpc) is 2.95. The van der Waals surface area contributed by atoms with Crippen molar-refractivity contribution in [1.82, 2.24) is 9.88 Å². The molecule has 0 spiro atoms. The van der Waals surface area contributed by atoms with E-state index in [1.165, 1.54) is 4.88 Å². The van der Waals surface area contributed by atoms with Gasteiger partial charge in [0.25, 0.3) is 0 Å². The van der Waals surface area contributed by atoms with Crippen molar-refractivity contribution in [3.05, 3.63) is 16.1 Å². The quantitative estimate of drug-likeness (QED) is 0.871. The van der Waals surface area contributed by atoms with Crippen LogP contribution in [0.25, 0.3) is 0 Å². The second-order valence-corrected chi connectivity index (χ2v) is 6.23. The lowest BCUT2D eigenvalue weighted by atomic mass is 9.90. The minimum Gasteiger partial charge on any atom is -0.480 e. The smallest absolute Gasteiger partial charge is 0.324 e. The molecule has 1 unspecified atom stereocenters. The molecular formula is C14H22N2O2S. The Bertz CT molecular complexity index is 446. The topological polar surface area (TPSA) is 53.4 Å². The van der Waals surface area contributed by atoms with Gasteiger partial charge in [0, 0.05) is 11.4 Å². The predicted molar refractivity (Wildman–Crippen MR) is 76.6 cm³/mol. The summed E-state index contributed by atoms with van der Waals surface area (Å²) < 4.78 is 0. The number of aryl methyl sites for hydroxylation is 1. The third-order valence-electron chi connectivity index (χ3n) is 4.14. The summed E-state index contributed by atoms with van der Waals surface area (Å²) >= 11 is 1.67. The molecule has 2 rings (SSSR count). The van der Waals surface area contributed by atoms with Crippen LogP contribution in [0.5, 0.6) is 0 Å². The number of thiazole rings is 1. The standard InChI is InChI=1S/C14H22N2O2S/c1-3-6-14(13(17)18)7-4-8-16(14)9-5-12-11(2)15-10-19-12/h10H,3-9H2,1-2H3,(H,17,18). The molecule has 0 aliphatic carbocycles. The first-order valence-corrected chi connectivity index (χ1v) is 7.85. The number of nitrogens with zero attached hydrogens (tertiary/aromatic N) is 2. The number of hydrogen-bond donors (Lipinski definition) is 1. The number of rotatable bonds is 6. The van der Waals surface area contributed by atoms with Gasteiger partial charge in [-0.05, 0) is 39.2 Å². The summed E-state index contributed by atoms with van der Waals surface area (Å²) in [4.78, 5) is 19.4. The molecule has 2 heterocycles. The van der Waals surface area contributed by atoms with Crippen LogP contribution >= 0.6 is 11.3 Å². The molecule has 1 fully saturated rings. The Morgan fingerprint density at radius 1 is 1.63 bits per heavy atom. The van der Waals surface area contributed by atoms with E-state index in [0.29, 0.717) is 0 Å². The number of likely N-dealkylation sites (tertiary alicyclic amines) is 1. The second-order valence-electron chi connectivity index (χ2n) is 5.29. The van der Waals surface area contributed by atoms with Crippen molar-refractivity contribution in [2.75, 3.05) is 13.1 Å². The molecule has 0 saturated carbocycles. The summed E-state index contributed by atoms with van der Waals surface area (Å²) in [5.41, 5.74) is 2.33. The monoisotopic (exact) mass is 282 g/mol. The fourth-order valence-corrected chi connectivity index (χ4v) is 3.88. The molecule has 5 heteroatoms. The fraction of sp³-hybridized carbons (Fsp3) is 0.714. The normalized spacial score (nSPS) is 23.9. The van der Waals surface area contributed by atoms with Crippen LogP contribution in [0.4, 0.5) is 0 Å². The highest BCUT2D eigenvalue weighted by Crippen LogP contribution is 2.34. The zero-order valence-electron chi connectivity index (χ0n) is 11.7. The summed E-state index contributed by atoms with van der Waals surface area (Å²) in [5.74, 6) is -0.645. The molecule has 1 aliphatic rings. The number of carbonyl (C=O) groups is 1. The highest BCUT2D eigenvalue weighted by Gasteiger charge is 2.46. The molecule has 1 saturated heterocycles. The van der Waals surface area contributed by atoms with Gasteiger partial charge in [-0.3, -0.25) is 9.69 Å². The summed E-state index contributed by atoms with van der Waals surface area (Å²) in [6.07, 6.45) is 4.37. The maximum atomic E-state index is 11.7. The third-order valence-corrected chi connectivity index (χ3v) is 5.13. The minimum atomic E-state index is -0.645. The zero-order valence-corrected chi connectivity index (χ0v) is 12.5. The fourth-order valence-electron chi connectivity index (χ4n) is 3.11. The van der Waals surface area contributed by atoms with Crippen molar-refractivity contribution in [1.29, 1.82) is 0 Å². The Labute approximate surface area is 118 Å². The molecule has 0 radical (unpaired) electrons. The maximum absolute atomic E-state index is 11.7. The van der Waals surface area contributed by atoms with Crippen LogP contribution in [0.15, 0.2) is 5.51 Å². The molecule has 1 atom stereocenters. The van der Waals surface area contributed by atoms with Crippen LogP contribution in [-0.2, 0) is 11.2 Å². The van der Waals surface area contributed by atoms with Gasteiger partial charge in [0.05, 0.1) is 11.2 Å². The van der Waals surface area contributed by atoms with Crippen LogP contribution in [0, 0.1) is 6.92 Å². The molecule has 1 aliphatic heterocycles. The summed E-state index contributed by atoms with van der Waals surface area (Å²) in [6, 6.07) is 0. The van der Waals surface area contributed by atoms with Crippen LogP contribution in [-0.4, -0.2) is 39.6 Å².